The van der Waals surface area contributed by atoms with Crippen LogP contribution in [0.2, 0.25) is 0 Å². The van der Waals surface area contributed by atoms with Crippen molar-refractivity contribution in [2.45, 2.75) is 44.8 Å². The molecule has 0 spiro atoms. The van der Waals surface area contributed by atoms with Crippen LogP contribution in [-0.2, 0) is 9.59 Å². The maximum atomic E-state index is 12.0. The minimum atomic E-state index is -0.541. The Hall–Kier alpha value is -0.750. The molecule has 2 amide bonds. The number of thiol groups is 1. The number of amides is 2. The average Bonchev–Trinajstić information content (AvgIpc) is 2.30. The van der Waals surface area contributed by atoms with Gasteiger partial charge in [0.25, 0.3) is 0 Å². The monoisotopic (exact) mass is 273 g/mol. The predicted molar refractivity (Wildman–Crippen MR) is 74.7 cm³/mol. The first-order valence-electron chi connectivity index (χ1n) is 6.32. The van der Waals surface area contributed by atoms with Crippen LogP contribution in [-0.4, -0.2) is 54.2 Å². The molecule has 1 fully saturated rings. The van der Waals surface area contributed by atoms with Crippen LogP contribution in [0.15, 0.2) is 0 Å². The van der Waals surface area contributed by atoms with Crippen molar-refractivity contribution in [1.29, 1.82) is 0 Å². The van der Waals surface area contributed by atoms with Crippen LogP contribution in [0.1, 0.15) is 26.7 Å². The van der Waals surface area contributed by atoms with Crippen molar-refractivity contribution in [2.24, 2.45) is 0 Å². The number of hydrogen-bond acceptors (Lipinski definition) is 4. The highest BCUT2D eigenvalue weighted by molar-refractivity contribution is 7.80. The van der Waals surface area contributed by atoms with Crippen molar-refractivity contribution in [3.8, 4) is 0 Å². The number of hydrogen-bond donors (Lipinski definition) is 3. The summed E-state index contributed by atoms with van der Waals surface area (Å²) in [4.78, 5) is 25.2. The molecule has 6 heteroatoms. The Morgan fingerprint density at radius 2 is 2.17 bits per heavy atom. The standard InChI is InChI=1S/C12H23N3O2S/c1-8-6-10(4-5-15(8)3)14-12(17)11(7-18)13-9(2)16/h8,10-11,18H,4-7H2,1-3H3,(H,13,16)(H,14,17). The third-order valence-corrected chi connectivity index (χ3v) is 3.80. The average molecular weight is 273 g/mol. The molecule has 18 heavy (non-hydrogen) atoms. The van der Waals surface area contributed by atoms with Crippen molar-refractivity contribution in [3.63, 3.8) is 0 Å². The van der Waals surface area contributed by atoms with Gasteiger partial charge in [-0.2, -0.15) is 12.6 Å². The van der Waals surface area contributed by atoms with Gasteiger partial charge < -0.3 is 15.5 Å². The number of nitrogens with zero attached hydrogens (tertiary/aromatic N) is 1. The van der Waals surface area contributed by atoms with Crippen LogP contribution in [0, 0.1) is 0 Å². The van der Waals surface area contributed by atoms with Crippen LogP contribution in [0.25, 0.3) is 0 Å². The van der Waals surface area contributed by atoms with Gasteiger partial charge in [-0.15, -0.1) is 0 Å². The first-order chi connectivity index (χ1) is 8.43. The van der Waals surface area contributed by atoms with E-state index in [9.17, 15) is 9.59 Å². The zero-order valence-corrected chi connectivity index (χ0v) is 12.2. The molecule has 1 aliphatic rings. The number of nitrogens with one attached hydrogen (secondary N) is 2. The molecule has 1 saturated heterocycles. The van der Waals surface area contributed by atoms with Gasteiger partial charge in [-0.25, -0.2) is 0 Å². The molecular formula is C12H23N3O2S. The first kappa shape index (κ1) is 15.3. The summed E-state index contributed by atoms with van der Waals surface area (Å²) in [6.07, 6.45) is 1.90. The van der Waals surface area contributed by atoms with E-state index < -0.39 is 6.04 Å². The highest BCUT2D eigenvalue weighted by atomic mass is 32.1. The van der Waals surface area contributed by atoms with Gasteiger partial charge in [-0.3, -0.25) is 9.59 Å². The van der Waals surface area contributed by atoms with E-state index >= 15 is 0 Å². The summed E-state index contributed by atoms with van der Waals surface area (Å²) < 4.78 is 0. The minimum absolute atomic E-state index is 0.137. The molecule has 1 rings (SSSR count). The van der Waals surface area contributed by atoms with Crippen LogP contribution < -0.4 is 10.6 Å². The number of carbonyl (C=O) groups is 2. The first-order valence-corrected chi connectivity index (χ1v) is 6.95. The summed E-state index contributed by atoms with van der Waals surface area (Å²) >= 11 is 4.10. The lowest BCUT2D eigenvalue weighted by molar-refractivity contribution is -0.128. The van der Waals surface area contributed by atoms with Crippen LogP contribution in [0.4, 0.5) is 0 Å². The van der Waals surface area contributed by atoms with Crippen molar-refractivity contribution < 1.29 is 9.59 Å². The van der Waals surface area contributed by atoms with E-state index in [1.54, 1.807) is 0 Å². The molecule has 0 aliphatic carbocycles. The highest BCUT2D eigenvalue weighted by Crippen LogP contribution is 2.15. The molecule has 0 radical (unpaired) electrons. The van der Waals surface area contributed by atoms with Crippen LogP contribution >= 0.6 is 12.6 Å². The molecule has 0 aromatic heterocycles. The van der Waals surface area contributed by atoms with Gasteiger partial charge >= 0.3 is 0 Å². The molecule has 2 N–H and O–H groups in total. The number of piperidine rings is 1. The maximum absolute atomic E-state index is 12.0. The molecule has 0 saturated carbocycles. The summed E-state index contributed by atoms with van der Waals surface area (Å²) in [5, 5.41) is 5.60. The van der Waals surface area contributed by atoms with Gasteiger partial charge in [-0.05, 0) is 26.8 Å². The van der Waals surface area contributed by atoms with Crippen LogP contribution in [0.3, 0.4) is 0 Å². The summed E-state index contributed by atoms with van der Waals surface area (Å²) in [7, 11) is 2.09. The van der Waals surface area contributed by atoms with E-state index in [2.05, 4.69) is 42.1 Å². The van der Waals surface area contributed by atoms with Crippen LogP contribution in [0.5, 0.6) is 0 Å². The third-order valence-electron chi connectivity index (χ3n) is 3.43. The lowest BCUT2D eigenvalue weighted by atomic mass is 9.98. The summed E-state index contributed by atoms with van der Waals surface area (Å²) in [6.45, 7) is 4.54. The quantitative estimate of drug-likeness (QED) is 0.633. The fourth-order valence-corrected chi connectivity index (χ4v) is 2.42. The smallest absolute Gasteiger partial charge is 0.243 e. The van der Waals surface area contributed by atoms with Crippen molar-refractivity contribution in [2.75, 3.05) is 19.3 Å². The topological polar surface area (TPSA) is 61.4 Å². The molecule has 5 nitrogen and oxygen atoms in total. The second-order valence-electron chi connectivity index (χ2n) is 5.00. The summed E-state index contributed by atoms with van der Waals surface area (Å²) in [5.74, 6) is -0.0315. The van der Waals surface area contributed by atoms with Gasteiger partial charge in [0.1, 0.15) is 6.04 Å². The fourth-order valence-electron chi connectivity index (χ4n) is 2.16. The molecule has 1 heterocycles. The van der Waals surface area contributed by atoms with E-state index in [1.165, 1.54) is 6.92 Å². The molecule has 1 aliphatic heterocycles. The Labute approximate surface area is 114 Å². The van der Waals surface area contributed by atoms with Gasteiger partial charge in [0.05, 0.1) is 0 Å². The Morgan fingerprint density at radius 1 is 1.50 bits per heavy atom. The van der Waals surface area contributed by atoms with E-state index in [-0.39, 0.29) is 17.9 Å². The fraction of sp³-hybridized carbons (Fsp3) is 0.833. The Balaban J connectivity index is 2.45. The molecule has 3 unspecified atom stereocenters. The van der Waals surface area contributed by atoms with Gasteiger partial charge in [0.2, 0.25) is 11.8 Å². The minimum Gasteiger partial charge on any atom is -0.351 e. The van der Waals surface area contributed by atoms with E-state index in [4.69, 9.17) is 0 Å². The highest BCUT2D eigenvalue weighted by Gasteiger charge is 2.26. The lowest BCUT2D eigenvalue weighted by Crippen LogP contribution is -2.53. The van der Waals surface area contributed by atoms with Gasteiger partial charge in [0, 0.05) is 31.3 Å². The number of carbonyl (C=O) groups excluding carboxylic acids is 2. The number of likely N-dealkylation sites (tertiary alicyclic amines) is 1. The second-order valence-corrected chi connectivity index (χ2v) is 5.36. The summed E-state index contributed by atoms with van der Waals surface area (Å²) in [6, 6.07) is 0.125. The Bertz CT molecular complexity index is 312. The summed E-state index contributed by atoms with van der Waals surface area (Å²) in [5.41, 5.74) is 0. The Kier molecular flexibility index (Phi) is 5.95. The molecule has 3 atom stereocenters. The van der Waals surface area contributed by atoms with Gasteiger partial charge in [-0.1, -0.05) is 0 Å². The second kappa shape index (κ2) is 6.99. The maximum Gasteiger partial charge on any atom is 0.243 e. The molecule has 0 aromatic carbocycles. The van der Waals surface area contributed by atoms with E-state index in [1.807, 2.05) is 0 Å². The lowest BCUT2D eigenvalue weighted by Gasteiger charge is -2.35. The van der Waals surface area contributed by atoms with E-state index in [0.29, 0.717) is 11.8 Å². The molecule has 104 valence electrons. The normalized spacial score (nSPS) is 26.4. The molecule has 0 bridgehead atoms. The van der Waals surface area contributed by atoms with Crippen molar-refractivity contribution >= 4 is 24.4 Å². The largest absolute Gasteiger partial charge is 0.351 e. The van der Waals surface area contributed by atoms with Gasteiger partial charge in [0.15, 0.2) is 0 Å². The zero-order chi connectivity index (χ0) is 13.7. The van der Waals surface area contributed by atoms with E-state index in [0.717, 1.165) is 19.4 Å². The molecular weight excluding hydrogens is 250 g/mol. The van der Waals surface area contributed by atoms with Crippen molar-refractivity contribution in [3.05, 3.63) is 0 Å². The van der Waals surface area contributed by atoms with Crippen molar-refractivity contribution in [1.82, 2.24) is 15.5 Å². The molecule has 0 aromatic rings. The predicted octanol–water partition coefficient (Wildman–Crippen LogP) is 0.0198. The zero-order valence-electron chi connectivity index (χ0n) is 11.3. The SMILES string of the molecule is CC(=O)NC(CS)C(=O)NC1CCN(C)C(C)C1. The Morgan fingerprint density at radius 3 is 2.67 bits per heavy atom. The number of rotatable bonds is 4. The third kappa shape index (κ3) is 4.49.